The zero-order valence-corrected chi connectivity index (χ0v) is 10.4. The maximum absolute atomic E-state index is 11.5. The fraction of sp³-hybridized carbons (Fsp3) is 0.300. The molecular weight excluding hydrogens is 230 g/mol. The number of hydrogen-bond donors (Lipinski definition) is 0. The summed E-state index contributed by atoms with van der Waals surface area (Å²) in [7, 11) is 1.36. The van der Waals surface area contributed by atoms with Crippen LogP contribution in [-0.4, -0.2) is 24.7 Å². The molecule has 0 saturated heterocycles. The van der Waals surface area contributed by atoms with Crippen molar-refractivity contribution in [3.05, 3.63) is 16.0 Å². The molecule has 1 rings (SSSR count). The number of aliphatic imine (C=N–C) groups is 1. The monoisotopic (exact) mass is 241 g/mol. The Balaban J connectivity index is 3.26. The van der Waals surface area contributed by atoms with Crippen molar-refractivity contribution in [3.8, 4) is 0 Å². The van der Waals surface area contributed by atoms with E-state index in [1.165, 1.54) is 30.0 Å². The second-order valence-electron chi connectivity index (χ2n) is 2.87. The molecule has 1 aromatic rings. The lowest BCUT2D eigenvalue weighted by Crippen LogP contribution is -2.01. The van der Waals surface area contributed by atoms with Crippen LogP contribution >= 0.6 is 23.6 Å². The van der Waals surface area contributed by atoms with Gasteiger partial charge in [-0.2, -0.15) is 0 Å². The second kappa shape index (κ2) is 5.14. The Morgan fingerprint density at radius 1 is 1.53 bits per heavy atom. The standard InChI is InChI=1S/C10H11NO2S2/c1-6-7(2)15-9(11-4-5-14)8(6)10(12)13-3/h4-5H,1-3H3. The highest BCUT2D eigenvalue weighted by Crippen LogP contribution is 2.34. The molecule has 3 nitrogen and oxygen atoms in total. The van der Waals surface area contributed by atoms with Crippen molar-refractivity contribution in [1.29, 1.82) is 0 Å². The van der Waals surface area contributed by atoms with Crippen molar-refractivity contribution < 1.29 is 9.53 Å². The van der Waals surface area contributed by atoms with Crippen molar-refractivity contribution in [1.82, 2.24) is 0 Å². The zero-order chi connectivity index (χ0) is 11.4. The highest BCUT2D eigenvalue weighted by molar-refractivity contribution is 7.80. The fourth-order valence-electron chi connectivity index (χ4n) is 1.14. The second-order valence-corrected chi connectivity index (χ2v) is 4.34. The molecule has 0 amide bonds. The van der Waals surface area contributed by atoms with E-state index in [1.54, 1.807) is 0 Å². The van der Waals surface area contributed by atoms with Crippen molar-refractivity contribution in [2.24, 2.45) is 4.99 Å². The molecule has 1 aromatic heterocycles. The summed E-state index contributed by atoms with van der Waals surface area (Å²) in [6.07, 6.45) is 1.49. The quantitative estimate of drug-likeness (QED) is 0.464. The van der Waals surface area contributed by atoms with Crippen LogP contribution < -0.4 is 0 Å². The third kappa shape index (κ3) is 2.49. The van der Waals surface area contributed by atoms with E-state index in [4.69, 9.17) is 4.74 Å². The number of esters is 1. The molecule has 0 aliphatic heterocycles. The molecule has 0 bridgehead atoms. The molecule has 80 valence electrons. The summed E-state index contributed by atoms with van der Waals surface area (Å²) in [5.41, 5.74) is 1.46. The largest absolute Gasteiger partial charge is 0.465 e. The van der Waals surface area contributed by atoms with E-state index in [0.29, 0.717) is 10.6 Å². The zero-order valence-electron chi connectivity index (χ0n) is 8.73. The van der Waals surface area contributed by atoms with Crippen LogP contribution in [0.2, 0.25) is 0 Å². The average Bonchev–Trinajstić information content (AvgIpc) is 2.51. The Morgan fingerprint density at radius 2 is 2.20 bits per heavy atom. The topological polar surface area (TPSA) is 38.7 Å². The van der Waals surface area contributed by atoms with E-state index in [1.807, 2.05) is 13.8 Å². The summed E-state index contributed by atoms with van der Waals surface area (Å²) in [4.78, 5) is 16.7. The average molecular weight is 241 g/mol. The van der Waals surface area contributed by atoms with E-state index in [9.17, 15) is 4.79 Å². The summed E-state index contributed by atoms with van der Waals surface area (Å²) in [6.45, 7) is 3.83. The van der Waals surface area contributed by atoms with Crippen molar-refractivity contribution in [2.45, 2.75) is 13.8 Å². The number of aryl methyl sites for hydroxylation is 1. The van der Waals surface area contributed by atoms with Gasteiger partial charge in [-0.25, -0.2) is 9.79 Å². The van der Waals surface area contributed by atoms with Gasteiger partial charge in [0.05, 0.1) is 12.7 Å². The number of thiophene rings is 1. The minimum Gasteiger partial charge on any atom is -0.465 e. The molecule has 0 aliphatic rings. The molecule has 5 heteroatoms. The highest BCUT2D eigenvalue weighted by Gasteiger charge is 2.19. The molecule has 0 aliphatic carbocycles. The molecule has 0 radical (unpaired) electrons. The van der Waals surface area contributed by atoms with Gasteiger partial charge in [0.2, 0.25) is 0 Å². The third-order valence-corrected chi connectivity index (χ3v) is 3.25. The van der Waals surface area contributed by atoms with Gasteiger partial charge < -0.3 is 4.74 Å². The molecule has 0 aromatic carbocycles. The molecule has 15 heavy (non-hydrogen) atoms. The van der Waals surface area contributed by atoms with Gasteiger partial charge in [-0.15, -0.1) is 11.3 Å². The molecule has 1 heterocycles. The van der Waals surface area contributed by atoms with E-state index < -0.39 is 0 Å². The first-order valence-electron chi connectivity index (χ1n) is 4.28. The van der Waals surface area contributed by atoms with E-state index in [0.717, 1.165) is 10.4 Å². The van der Waals surface area contributed by atoms with Crippen LogP contribution in [0.1, 0.15) is 20.8 Å². The van der Waals surface area contributed by atoms with Gasteiger partial charge in [0, 0.05) is 16.5 Å². The lowest BCUT2D eigenvalue weighted by molar-refractivity contribution is 0.0601. The number of thiocarbonyl (C=S) groups is 1. The summed E-state index contributed by atoms with van der Waals surface area (Å²) < 4.78 is 4.71. The SMILES string of the molecule is COC(=O)c1c(N=CC=S)sc(C)c1C. The van der Waals surface area contributed by atoms with Gasteiger partial charge in [-0.1, -0.05) is 12.2 Å². The summed E-state index contributed by atoms with van der Waals surface area (Å²) in [5.74, 6) is -0.353. The lowest BCUT2D eigenvalue weighted by atomic mass is 10.1. The maximum atomic E-state index is 11.5. The first kappa shape index (κ1) is 12.0. The molecule has 0 unspecified atom stereocenters. The van der Waals surface area contributed by atoms with Gasteiger partial charge in [-0.3, -0.25) is 0 Å². The fourth-order valence-corrected chi connectivity index (χ4v) is 2.20. The first-order chi connectivity index (χ1) is 7.11. The summed E-state index contributed by atoms with van der Waals surface area (Å²) in [6, 6.07) is 0. The molecular formula is C10H11NO2S2. The predicted octanol–water partition coefficient (Wildman–Crippen LogP) is 2.85. The van der Waals surface area contributed by atoms with Gasteiger partial charge in [0.1, 0.15) is 5.00 Å². The predicted molar refractivity (Wildman–Crippen MR) is 66.9 cm³/mol. The van der Waals surface area contributed by atoms with Crippen LogP contribution in [0.3, 0.4) is 0 Å². The number of methoxy groups -OCH3 is 1. The van der Waals surface area contributed by atoms with Crippen LogP contribution in [0.4, 0.5) is 5.00 Å². The van der Waals surface area contributed by atoms with Crippen LogP contribution in [0.15, 0.2) is 4.99 Å². The van der Waals surface area contributed by atoms with Crippen LogP contribution in [-0.2, 0) is 4.74 Å². The van der Waals surface area contributed by atoms with Crippen LogP contribution in [0, 0.1) is 13.8 Å². The van der Waals surface area contributed by atoms with Crippen molar-refractivity contribution in [2.75, 3.05) is 7.11 Å². The minimum atomic E-state index is -0.353. The first-order valence-corrected chi connectivity index (χ1v) is 5.56. The van der Waals surface area contributed by atoms with E-state index in [-0.39, 0.29) is 5.97 Å². The number of carbonyl (C=O) groups excluding carboxylic acids is 1. The van der Waals surface area contributed by atoms with E-state index in [2.05, 4.69) is 17.2 Å². The number of ether oxygens (including phenoxy) is 1. The highest BCUT2D eigenvalue weighted by atomic mass is 32.1. The molecule has 0 N–H and O–H groups in total. The van der Waals surface area contributed by atoms with Gasteiger partial charge >= 0.3 is 5.97 Å². The molecule has 0 saturated carbocycles. The Labute approximate surface area is 97.8 Å². The molecule has 0 fully saturated rings. The number of hydrogen-bond acceptors (Lipinski definition) is 5. The Morgan fingerprint density at radius 3 is 2.73 bits per heavy atom. The van der Waals surface area contributed by atoms with Gasteiger partial charge in [-0.05, 0) is 19.4 Å². The summed E-state index contributed by atoms with van der Waals surface area (Å²) in [5, 5.41) is 2.06. The van der Waals surface area contributed by atoms with Gasteiger partial charge in [0.25, 0.3) is 0 Å². The summed E-state index contributed by atoms with van der Waals surface area (Å²) >= 11 is 6.10. The van der Waals surface area contributed by atoms with Crippen molar-refractivity contribution in [3.63, 3.8) is 0 Å². The number of carbonyl (C=O) groups is 1. The van der Waals surface area contributed by atoms with Gasteiger partial charge in [0.15, 0.2) is 0 Å². The minimum absolute atomic E-state index is 0.353. The Hall–Kier alpha value is -1.07. The molecule has 0 atom stereocenters. The Kier molecular flexibility index (Phi) is 4.11. The number of rotatable bonds is 3. The maximum Gasteiger partial charge on any atom is 0.341 e. The normalized spacial score (nSPS) is 10.6. The smallest absolute Gasteiger partial charge is 0.341 e. The van der Waals surface area contributed by atoms with E-state index >= 15 is 0 Å². The Bertz CT molecular complexity index is 421. The molecule has 0 spiro atoms. The number of nitrogens with zero attached hydrogens (tertiary/aromatic N) is 1. The van der Waals surface area contributed by atoms with Crippen LogP contribution in [0.5, 0.6) is 0 Å². The van der Waals surface area contributed by atoms with Crippen LogP contribution in [0.25, 0.3) is 0 Å². The third-order valence-electron chi connectivity index (χ3n) is 2.01. The lowest BCUT2D eigenvalue weighted by Gasteiger charge is -1.99. The van der Waals surface area contributed by atoms with Crippen molar-refractivity contribution >= 4 is 46.1 Å².